The predicted molar refractivity (Wildman–Crippen MR) is 127 cm³/mol. The van der Waals surface area contributed by atoms with Crippen LogP contribution in [0.25, 0.3) is 11.0 Å². The lowest BCUT2D eigenvalue weighted by Crippen LogP contribution is -2.56. The van der Waals surface area contributed by atoms with Crippen LogP contribution in [0.5, 0.6) is 0 Å². The van der Waals surface area contributed by atoms with Gasteiger partial charge in [0, 0.05) is 13.1 Å². The first-order chi connectivity index (χ1) is 17.5. The number of amides is 2. The van der Waals surface area contributed by atoms with Crippen molar-refractivity contribution >= 4 is 28.8 Å². The number of aromatic nitrogens is 3. The summed E-state index contributed by atoms with van der Waals surface area (Å²) in [5.74, 6) is -2.94. The Hall–Kier alpha value is -3.57. The van der Waals surface area contributed by atoms with Crippen LogP contribution < -0.4 is 0 Å². The average Bonchev–Trinajstić information content (AvgIpc) is 3.62. The lowest BCUT2D eigenvalue weighted by atomic mass is 9.70. The fourth-order valence-electron chi connectivity index (χ4n) is 6.02. The Kier molecular flexibility index (Phi) is 6.35. The SMILES string of the molecule is C=CCOC(=O)[C@@H]1[C@@H]2CCC3(O2)C(C(=O)N(CC=C)Cn2nnc4ccccc42)N(CCO)C(=O)[C@H]13. The number of likely N-dealkylation sites (tertiary alicyclic amines) is 1. The number of hydrogen-bond donors (Lipinski definition) is 1. The normalized spacial score (nSPS) is 28.4. The summed E-state index contributed by atoms with van der Waals surface area (Å²) in [5, 5.41) is 18.1. The lowest BCUT2D eigenvalue weighted by Gasteiger charge is -2.36. The number of aliphatic hydroxyl groups excluding tert-OH is 1. The number of ether oxygens (including phenoxy) is 2. The minimum absolute atomic E-state index is 0.0254. The number of para-hydroxylation sites is 1. The van der Waals surface area contributed by atoms with E-state index in [1.165, 1.54) is 15.9 Å². The number of rotatable bonds is 10. The molecule has 1 aromatic heterocycles. The van der Waals surface area contributed by atoms with E-state index < -0.39 is 35.6 Å². The molecule has 1 aromatic carbocycles. The van der Waals surface area contributed by atoms with Crippen molar-refractivity contribution < 1.29 is 29.0 Å². The Morgan fingerprint density at radius 3 is 2.86 bits per heavy atom. The molecule has 3 aliphatic rings. The zero-order valence-corrected chi connectivity index (χ0v) is 19.9. The molecule has 2 aromatic rings. The standard InChI is InChI=1S/C25H29N5O6/c1-3-11-28(15-30-17-8-6-5-7-16(17)26-27-30)23(33)21-25-10-9-18(36-25)19(24(34)35-14-4-2)20(25)22(32)29(21)12-13-31/h3-8,18-21,31H,1-2,9-15H2/t18-,19+,20-,21?,25?/m0/s1. The fraction of sp³-hybridized carbons (Fsp3) is 0.480. The molecule has 3 fully saturated rings. The number of β-amino-alcohol motifs (C(OH)–C–C–N with tert-alkyl or cyclic N) is 1. The van der Waals surface area contributed by atoms with Gasteiger partial charge in [0.25, 0.3) is 0 Å². The number of carbonyl (C=O) groups excluding carboxylic acids is 3. The summed E-state index contributed by atoms with van der Waals surface area (Å²) in [5.41, 5.74) is 0.280. The van der Waals surface area contributed by atoms with E-state index in [-0.39, 0.29) is 44.8 Å². The van der Waals surface area contributed by atoms with E-state index in [2.05, 4.69) is 23.5 Å². The number of benzene rings is 1. The van der Waals surface area contributed by atoms with Crippen molar-refractivity contribution in [1.82, 2.24) is 24.8 Å². The van der Waals surface area contributed by atoms with Gasteiger partial charge >= 0.3 is 5.97 Å². The van der Waals surface area contributed by atoms with Crippen molar-refractivity contribution in [3.63, 3.8) is 0 Å². The molecule has 11 heteroatoms. The smallest absolute Gasteiger partial charge is 0.312 e. The highest BCUT2D eigenvalue weighted by atomic mass is 16.6. The third kappa shape index (κ3) is 3.61. The first-order valence-electron chi connectivity index (χ1n) is 12.0. The summed E-state index contributed by atoms with van der Waals surface area (Å²) >= 11 is 0. The highest BCUT2D eigenvalue weighted by Gasteiger charge is 2.75. The highest BCUT2D eigenvalue weighted by Crippen LogP contribution is 2.58. The summed E-state index contributed by atoms with van der Waals surface area (Å²) in [6.45, 7) is 7.27. The number of esters is 1. The second-order valence-electron chi connectivity index (χ2n) is 9.30. The second kappa shape index (κ2) is 9.47. The van der Waals surface area contributed by atoms with Gasteiger partial charge in [0.1, 0.15) is 30.4 Å². The van der Waals surface area contributed by atoms with E-state index in [1.54, 1.807) is 10.8 Å². The van der Waals surface area contributed by atoms with Crippen molar-refractivity contribution in [2.24, 2.45) is 11.8 Å². The van der Waals surface area contributed by atoms with Crippen LogP contribution in [0.2, 0.25) is 0 Å². The summed E-state index contributed by atoms with van der Waals surface area (Å²) in [6.07, 6.45) is 3.54. The molecule has 1 spiro atoms. The van der Waals surface area contributed by atoms with Gasteiger partial charge in [0.15, 0.2) is 0 Å². The van der Waals surface area contributed by atoms with Crippen molar-refractivity contribution in [2.75, 3.05) is 26.3 Å². The molecule has 0 saturated carbocycles. The molecule has 36 heavy (non-hydrogen) atoms. The molecule has 3 saturated heterocycles. The van der Waals surface area contributed by atoms with Gasteiger partial charge < -0.3 is 24.4 Å². The van der Waals surface area contributed by atoms with Gasteiger partial charge in [-0.2, -0.15) is 0 Å². The maximum atomic E-state index is 14.1. The van der Waals surface area contributed by atoms with Crippen LogP contribution in [0.4, 0.5) is 0 Å². The van der Waals surface area contributed by atoms with E-state index in [0.29, 0.717) is 18.4 Å². The van der Waals surface area contributed by atoms with Crippen LogP contribution in [-0.4, -0.2) is 91.7 Å². The third-order valence-electron chi connectivity index (χ3n) is 7.38. The maximum Gasteiger partial charge on any atom is 0.312 e. The molecule has 11 nitrogen and oxygen atoms in total. The molecule has 190 valence electrons. The first kappa shape index (κ1) is 24.1. The minimum Gasteiger partial charge on any atom is -0.461 e. The van der Waals surface area contributed by atoms with Gasteiger partial charge in [-0.3, -0.25) is 14.4 Å². The van der Waals surface area contributed by atoms with Gasteiger partial charge in [0.05, 0.1) is 30.1 Å². The Bertz CT molecular complexity index is 1210. The second-order valence-corrected chi connectivity index (χ2v) is 9.30. The van der Waals surface area contributed by atoms with E-state index >= 15 is 0 Å². The first-order valence-corrected chi connectivity index (χ1v) is 12.0. The van der Waals surface area contributed by atoms with Gasteiger partial charge in [-0.15, -0.1) is 11.7 Å². The van der Waals surface area contributed by atoms with E-state index in [0.717, 1.165) is 5.52 Å². The minimum atomic E-state index is -1.17. The Labute approximate surface area is 207 Å². The van der Waals surface area contributed by atoms with Crippen molar-refractivity contribution in [3.8, 4) is 0 Å². The van der Waals surface area contributed by atoms with Crippen LogP contribution >= 0.6 is 0 Å². The Morgan fingerprint density at radius 1 is 1.31 bits per heavy atom. The summed E-state index contributed by atoms with van der Waals surface area (Å²) in [7, 11) is 0. The number of nitrogens with zero attached hydrogens (tertiary/aromatic N) is 5. The zero-order valence-electron chi connectivity index (χ0n) is 19.9. The van der Waals surface area contributed by atoms with Gasteiger partial charge in [-0.1, -0.05) is 36.1 Å². The zero-order chi connectivity index (χ0) is 25.4. The molecule has 3 aliphatic heterocycles. The van der Waals surface area contributed by atoms with Crippen molar-refractivity contribution in [2.45, 2.75) is 37.3 Å². The molecule has 2 amide bonds. The molecular formula is C25H29N5O6. The average molecular weight is 496 g/mol. The Balaban J connectivity index is 1.49. The van der Waals surface area contributed by atoms with E-state index in [1.807, 2.05) is 24.3 Å². The van der Waals surface area contributed by atoms with E-state index in [9.17, 15) is 19.5 Å². The fourth-order valence-corrected chi connectivity index (χ4v) is 6.02. The van der Waals surface area contributed by atoms with Crippen LogP contribution in [0, 0.1) is 11.8 Å². The van der Waals surface area contributed by atoms with Gasteiger partial charge in [-0.25, -0.2) is 4.68 Å². The molecule has 0 radical (unpaired) electrons. The molecular weight excluding hydrogens is 466 g/mol. The number of aliphatic hydroxyl groups is 1. The summed E-state index contributed by atoms with van der Waals surface area (Å²) in [6, 6.07) is 6.41. The lowest BCUT2D eigenvalue weighted by molar-refractivity contribution is -0.154. The van der Waals surface area contributed by atoms with Crippen molar-refractivity contribution in [3.05, 3.63) is 49.6 Å². The van der Waals surface area contributed by atoms with Gasteiger partial charge in [0.2, 0.25) is 11.8 Å². The van der Waals surface area contributed by atoms with Crippen LogP contribution in [0.3, 0.4) is 0 Å². The highest BCUT2D eigenvalue weighted by molar-refractivity contribution is 5.98. The van der Waals surface area contributed by atoms with Crippen molar-refractivity contribution in [1.29, 1.82) is 0 Å². The monoisotopic (exact) mass is 495 g/mol. The summed E-state index contributed by atoms with van der Waals surface area (Å²) in [4.78, 5) is 43.5. The molecule has 2 unspecified atom stereocenters. The van der Waals surface area contributed by atoms with Gasteiger partial charge in [-0.05, 0) is 25.0 Å². The van der Waals surface area contributed by atoms with Crippen LogP contribution in [-0.2, 0) is 30.5 Å². The van der Waals surface area contributed by atoms with E-state index in [4.69, 9.17) is 9.47 Å². The maximum absolute atomic E-state index is 14.1. The predicted octanol–water partition coefficient (Wildman–Crippen LogP) is 0.500. The Morgan fingerprint density at radius 2 is 2.11 bits per heavy atom. The molecule has 2 bridgehead atoms. The third-order valence-corrected chi connectivity index (χ3v) is 7.38. The molecule has 5 rings (SSSR count). The largest absolute Gasteiger partial charge is 0.461 e. The number of hydrogen-bond acceptors (Lipinski definition) is 8. The molecule has 4 heterocycles. The topological polar surface area (TPSA) is 127 Å². The molecule has 1 N–H and O–H groups in total. The molecule has 5 atom stereocenters. The summed E-state index contributed by atoms with van der Waals surface area (Å²) < 4.78 is 13.2. The molecule has 0 aliphatic carbocycles. The van der Waals surface area contributed by atoms with Crippen LogP contribution in [0.15, 0.2) is 49.6 Å². The quantitative estimate of drug-likeness (QED) is 0.373. The number of carbonyl (C=O) groups is 3. The van der Waals surface area contributed by atoms with Crippen LogP contribution in [0.1, 0.15) is 12.8 Å². The number of fused-ring (bicyclic) bond motifs is 2.